The van der Waals surface area contributed by atoms with E-state index >= 15 is 0 Å². The van der Waals surface area contributed by atoms with Gasteiger partial charge in [-0.05, 0) is 20.4 Å². The molecule has 0 aliphatic rings. The van der Waals surface area contributed by atoms with Gasteiger partial charge in [0.1, 0.15) is 6.04 Å². The summed E-state index contributed by atoms with van der Waals surface area (Å²) in [7, 11) is 0. The zero-order valence-electron chi connectivity index (χ0n) is 8.86. The summed E-state index contributed by atoms with van der Waals surface area (Å²) >= 11 is 0. The maximum atomic E-state index is 10.7. The summed E-state index contributed by atoms with van der Waals surface area (Å²) in [5.41, 5.74) is 0. The molecule has 0 bridgehead atoms. The number of hydrogen-bond acceptors (Lipinski definition) is 3. The second-order valence-corrected chi connectivity index (χ2v) is 3.36. The standard InChI is InChI=1S/C9H18N2O3/c1-4-11(7(2)3)5-8(9(13)14)10-6-12/h6-8H,4-5H2,1-3H3,(H,10,12)(H,13,14). The molecule has 0 saturated carbocycles. The second-order valence-electron chi connectivity index (χ2n) is 3.36. The van der Waals surface area contributed by atoms with E-state index in [9.17, 15) is 9.59 Å². The number of nitrogens with one attached hydrogen (secondary N) is 1. The van der Waals surface area contributed by atoms with Crippen LogP contribution in [0.25, 0.3) is 0 Å². The van der Waals surface area contributed by atoms with Crippen molar-refractivity contribution < 1.29 is 14.7 Å². The third-order valence-electron chi connectivity index (χ3n) is 2.12. The Morgan fingerprint density at radius 1 is 1.57 bits per heavy atom. The highest BCUT2D eigenvalue weighted by Crippen LogP contribution is 1.99. The first-order valence-electron chi connectivity index (χ1n) is 4.69. The first kappa shape index (κ1) is 12.9. The average molecular weight is 202 g/mol. The van der Waals surface area contributed by atoms with Crippen LogP contribution >= 0.6 is 0 Å². The number of likely N-dealkylation sites (N-methyl/N-ethyl adjacent to an activating group) is 1. The summed E-state index contributed by atoms with van der Waals surface area (Å²) in [4.78, 5) is 22.9. The normalized spacial score (nSPS) is 12.9. The van der Waals surface area contributed by atoms with E-state index in [1.807, 2.05) is 25.7 Å². The fraction of sp³-hybridized carbons (Fsp3) is 0.778. The smallest absolute Gasteiger partial charge is 0.327 e. The number of amides is 1. The maximum absolute atomic E-state index is 10.7. The van der Waals surface area contributed by atoms with Crippen LogP contribution < -0.4 is 5.32 Å². The molecule has 5 nitrogen and oxygen atoms in total. The molecule has 0 aromatic rings. The zero-order valence-corrected chi connectivity index (χ0v) is 8.86. The van der Waals surface area contributed by atoms with Gasteiger partial charge in [0.05, 0.1) is 0 Å². The number of carbonyl (C=O) groups excluding carboxylic acids is 1. The van der Waals surface area contributed by atoms with Crippen LogP contribution in [0.2, 0.25) is 0 Å². The zero-order chi connectivity index (χ0) is 11.1. The Morgan fingerprint density at radius 3 is 2.43 bits per heavy atom. The fourth-order valence-electron chi connectivity index (χ4n) is 1.22. The molecule has 0 aliphatic heterocycles. The minimum Gasteiger partial charge on any atom is -0.480 e. The van der Waals surface area contributed by atoms with Gasteiger partial charge in [-0.25, -0.2) is 4.79 Å². The van der Waals surface area contributed by atoms with E-state index in [2.05, 4.69) is 5.32 Å². The molecule has 1 atom stereocenters. The molecular weight excluding hydrogens is 184 g/mol. The van der Waals surface area contributed by atoms with E-state index in [-0.39, 0.29) is 6.04 Å². The van der Waals surface area contributed by atoms with E-state index in [0.717, 1.165) is 6.54 Å². The average Bonchev–Trinajstić information content (AvgIpc) is 2.11. The first-order valence-corrected chi connectivity index (χ1v) is 4.69. The van der Waals surface area contributed by atoms with Gasteiger partial charge < -0.3 is 10.4 Å². The monoisotopic (exact) mass is 202 g/mol. The van der Waals surface area contributed by atoms with Gasteiger partial charge in [0.25, 0.3) is 0 Å². The number of nitrogens with zero attached hydrogens (tertiary/aromatic N) is 1. The molecule has 5 heteroatoms. The molecule has 0 fully saturated rings. The van der Waals surface area contributed by atoms with Gasteiger partial charge in [-0.15, -0.1) is 0 Å². The number of aliphatic carboxylic acids is 1. The minimum absolute atomic E-state index is 0.273. The van der Waals surface area contributed by atoms with E-state index in [4.69, 9.17) is 5.11 Å². The highest BCUT2D eigenvalue weighted by Gasteiger charge is 2.20. The lowest BCUT2D eigenvalue weighted by molar-refractivity contribution is -0.141. The van der Waals surface area contributed by atoms with Crippen molar-refractivity contribution in [2.75, 3.05) is 13.1 Å². The molecule has 0 rings (SSSR count). The number of carbonyl (C=O) groups is 2. The molecule has 0 aliphatic carbocycles. The topological polar surface area (TPSA) is 69.6 Å². The summed E-state index contributed by atoms with van der Waals surface area (Å²) in [6, 6.07) is -0.551. The first-order chi connectivity index (χ1) is 6.52. The van der Waals surface area contributed by atoms with Gasteiger partial charge in [0.15, 0.2) is 0 Å². The van der Waals surface area contributed by atoms with E-state index in [0.29, 0.717) is 13.0 Å². The highest BCUT2D eigenvalue weighted by molar-refractivity contribution is 5.76. The lowest BCUT2D eigenvalue weighted by atomic mass is 10.2. The van der Waals surface area contributed by atoms with Crippen molar-refractivity contribution >= 4 is 12.4 Å². The highest BCUT2D eigenvalue weighted by atomic mass is 16.4. The maximum Gasteiger partial charge on any atom is 0.327 e. The van der Waals surface area contributed by atoms with Gasteiger partial charge in [0.2, 0.25) is 6.41 Å². The molecule has 0 spiro atoms. The van der Waals surface area contributed by atoms with Gasteiger partial charge in [0, 0.05) is 12.6 Å². The summed E-state index contributed by atoms with van der Waals surface area (Å²) in [6.07, 6.45) is 0.424. The molecule has 0 heterocycles. The lowest BCUT2D eigenvalue weighted by Gasteiger charge is -2.27. The number of carboxylic acid groups (broad SMARTS) is 1. The Labute approximate surface area is 84.1 Å². The van der Waals surface area contributed by atoms with Crippen LogP contribution in [0.1, 0.15) is 20.8 Å². The Hall–Kier alpha value is -1.10. The molecule has 2 N–H and O–H groups in total. The Morgan fingerprint density at radius 2 is 2.14 bits per heavy atom. The van der Waals surface area contributed by atoms with Gasteiger partial charge in [-0.2, -0.15) is 0 Å². The van der Waals surface area contributed by atoms with Crippen LogP contribution in [0.4, 0.5) is 0 Å². The van der Waals surface area contributed by atoms with Crippen LogP contribution in [-0.2, 0) is 9.59 Å². The molecule has 82 valence electrons. The lowest BCUT2D eigenvalue weighted by Crippen LogP contribution is -2.47. The quantitative estimate of drug-likeness (QED) is 0.566. The van der Waals surface area contributed by atoms with Crippen LogP contribution in [0.5, 0.6) is 0 Å². The van der Waals surface area contributed by atoms with E-state index in [1.165, 1.54) is 0 Å². The molecule has 0 aromatic carbocycles. The van der Waals surface area contributed by atoms with Gasteiger partial charge >= 0.3 is 5.97 Å². The molecule has 1 unspecified atom stereocenters. The van der Waals surface area contributed by atoms with E-state index < -0.39 is 12.0 Å². The molecular formula is C9H18N2O3. The van der Waals surface area contributed by atoms with Crippen LogP contribution in [-0.4, -0.2) is 47.6 Å². The van der Waals surface area contributed by atoms with Crippen LogP contribution in [0.3, 0.4) is 0 Å². The third kappa shape index (κ3) is 4.23. The third-order valence-corrected chi connectivity index (χ3v) is 2.12. The summed E-state index contributed by atoms with van der Waals surface area (Å²) in [6.45, 7) is 7.04. The van der Waals surface area contributed by atoms with Crippen molar-refractivity contribution in [1.29, 1.82) is 0 Å². The molecule has 0 radical (unpaired) electrons. The second kappa shape index (κ2) is 6.37. The summed E-state index contributed by atoms with van der Waals surface area (Å²) in [5, 5.41) is 11.1. The predicted molar refractivity (Wildman–Crippen MR) is 53.0 cm³/mol. The fourth-order valence-corrected chi connectivity index (χ4v) is 1.22. The number of carboxylic acids is 1. The van der Waals surface area contributed by atoms with Crippen molar-refractivity contribution in [2.45, 2.75) is 32.9 Å². The number of rotatable bonds is 7. The molecule has 14 heavy (non-hydrogen) atoms. The molecule has 0 saturated heterocycles. The largest absolute Gasteiger partial charge is 0.480 e. The predicted octanol–water partition coefficient (Wildman–Crippen LogP) is -0.0841. The van der Waals surface area contributed by atoms with Crippen molar-refractivity contribution in [2.24, 2.45) is 0 Å². The Bertz CT molecular complexity index is 194. The SMILES string of the molecule is CCN(CC(NC=O)C(=O)O)C(C)C. The minimum atomic E-state index is -1.00. The summed E-state index contributed by atoms with van der Waals surface area (Å²) in [5.74, 6) is -1.00. The Balaban J connectivity index is 4.25. The van der Waals surface area contributed by atoms with Crippen molar-refractivity contribution in [3.8, 4) is 0 Å². The van der Waals surface area contributed by atoms with Crippen LogP contribution in [0.15, 0.2) is 0 Å². The van der Waals surface area contributed by atoms with Crippen molar-refractivity contribution in [3.63, 3.8) is 0 Å². The van der Waals surface area contributed by atoms with Gasteiger partial charge in [-0.1, -0.05) is 6.92 Å². The van der Waals surface area contributed by atoms with Gasteiger partial charge in [-0.3, -0.25) is 9.69 Å². The molecule has 0 aromatic heterocycles. The summed E-state index contributed by atoms with van der Waals surface area (Å²) < 4.78 is 0. The molecule has 1 amide bonds. The van der Waals surface area contributed by atoms with Crippen molar-refractivity contribution in [3.05, 3.63) is 0 Å². The Kier molecular flexibility index (Phi) is 5.87. The number of hydrogen-bond donors (Lipinski definition) is 2. The van der Waals surface area contributed by atoms with Crippen molar-refractivity contribution in [1.82, 2.24) is 10.2 Å². The van der Waals surface area contributed by atoms with E-state index in [1.54, 1.807) is 0 Å². The van der Waals surface area contributed by atoms with Crippen LogP contribution in [0, 0.1) is 0 Å².